The van der Waals surface area contributed by atoms with Gasteiger partial charge in [0.25, 0.3) is 5.89 Å². The van der Waals surface area contributed by atoms with Gasteiger partial charge in [-0.1, -0.05) is 5.16 Å². The maximum atomic E-state index is 5.77. The Bertz CT molecular complexity index is 443. The Labute approximate surface area is 92.4 Å². The summed E-state index contributed by atoms with van der Waals surface area (Å²) in [5, 5.41) is 3.79. The predicted molar refractivity (Wildman–Crippen MR) is 56.3 cm³/mol. The number of aromatic nitrogens is 3. The molecule has 0 amide bonds. The zero-order valence-electron chi connectivity index (χ0n) is 8.83. The van der Waals surface area contributed by atoms with Crippen molar-refractivity contribution in [3.8, 4) is 11.5 Å². The van der Waals surface area contributed by atoms with Gasteiger partial charge in [0.2, 0.25) is 0 Å². The lowest BCUT2D eigenvalue weighted by atomic mass is 10.3. The van der Waals surface area contributed by atoms with Crippen LogP contribution in [0.1, 0.15) is 11.9 Å². The summed E-state index contributed by atoms with van der Waals surface area (Å²) < 4.78 is 10.00. The zero-order chi connectivity index (χ0) is 11.4. The van der Waals surface area contributed by atoms with E-state index in [4.69, 9.17) is 15.0 Å². The number of nitrogens with two attached hydrogens (primary N) is 1. The lowest BCUT2D eigenvalue weighted by Gasteiger charge is -2.03. The summed E-state index contributed by atoms with van der Waals surface area (Å²) in [6.45, 7) is 0.353. The van der Waals surface area contributed by atoms with Crippen molar-refractivity contribution in [2.75, 3.05) is 13.7 Å². The molecule has 0 aliphatic rings. The van der Waals surface area contributed by atoms with E-state index in [1.54, 1.807) is 25.6 Å². The molecule has 0 aliphatic heterocycles. The average molecular weight is 220 g/mol. The maximum absolute atomic E-state index is 5.77. The van der Waals surface area contributed by atoms with Crippen molar-refractivity contribution in [1.29, 1.82) is 0 Å². The normalized spacial score (nSPS) is 12.6. The van der Waals surface area contributed by atoms with Crippen molar-refractivity contribution >= 4 is 0 Å². The Hall–Kier alpha value is -1.79. The van der Waals surface area contributed by atoms with Crippen molar-refractivity contribution in [2.45, 2.75) is 6.04 Å². The monoisotopic (exact) mass is 220 g/mol. The highest BCUT2D eigenvalue weighted by Crippen LogP contribution is 2.17. The van der Waals surface area contributed by atoms with Gasteiger partial charge >= 0.3 is 0 Å². The smallest absolute Gasteiger partial charge is 0.259 e. The van der Waals surface area contributed by atoms with Crippen molar-refractivity contribution in [2.24, 2.45) is 5.73 Å². The fraction of sp³-hybridized carbons (Fsp3) is 0.300. The van der Waals surface area contributed by atoms with Crippen LogP contribution in [0.15, 0.2) is 29.0 Å². The molecule has 2 N–H and O–H groups in total. The van der Waals surface area contributed by atoms with Gasteiger partial charge in [0.05, 0.1) is 18.2 Å². The van der Waals surface area contributed by atoms with Gasteiger partial charge in [0.1, 0.15) is 0 Å². The molecule has 0 radical (unpaired) electrons. The third-order valence-corrected chi connectivity index (χ3v) is 2.03. The largest absolute Gasteiger partial charge is 0.383 e. The molecule has 6 heteroatoms. The highest BCUT2D eigenvalue weighted by molar-refractivity contribution is 5.50. The third kappa shape index (κ3) is 2.23. The minimum absolute atomic E-state index is 0.353. The summed E-state index contributed by atoms with van der Waals surface area (Å²) in [6.07, 6.45) is 3.33. The van der Waals surface area contributed by atoms with Crippen molar-refractivity contribution in [1.82, 2.24) is 15.1 Å². The first-order valence-electron chi connectivity index (χ1n) is 4.80. The van der Waals surface area contributed by atoms with Gasteiger partial charge in [-0.3, -0.25) is 4.98 Å². The van der Waals surface area contributed by atoms with Crippen LogP contribution in [-0.4, -0.2) is 28.8 Å². The van der Waals surface area contributed by atoms with E-state index < -0.39 is 0 Å². The Morgan fingerprint density at radius 2 is 2.44 bits per heavy atom. The van der Waals surface area contributed by atoms with Crippen molar-refractivity contribution < 1.29 is 9.26 Å². The summed E-state index contributed by atoms with van der Waals surface area (Å²) in [5.74, 6) is 0.843. The van der Waals surface area contributed by atoms with Gasteiger partial charge in [-0.15, -0.1) is 0 Å². The molecule has 2 aromatic heterocycles. The molecule has 84 valence electrons. The van der Waals surface area contributed by atoms with E-state index in [1.165, 1.54) is 0 Å². The quantitative estimate of drug-likeness (QED) is 0.819. The standard InChI is InChI=1S/C10H12N4O2/c1-15-6-8(11)9-13-10(16-14-9)7-3-2-4-12-5-7/h2-5,8H,6,11H2,1H3. The van der Waals surface area contributed by atoms with E-state index in [1.807, 2.05) is 6.07 Å². The molecule has 2 heterocycles. The second-order valence-electron chi connectivity index (χ2n) is 3.26. The molecule has 1 unspecified atom stereocenters. The van der Waals surface area contributed by atoms with Gasteiger partial charge in [0, 0.05) is 19.5 Å². The van der Waals surface area contributed by atoms with E-state index in [9.17, 15) is 0 Å². The first-order chi connectivity index (χ1) is 7.81. The number of rotatable bonds is 4. The maximum Gasteiger partial charge on any atom is 0.259 e. The van der Waals surface area contributed by atoms with Crippen molar-refractivity contribution in [3.63, 3.8) is 0 Å². The van der Waals surface area contributed by atoms with Crippen molar-refractivity contribution in [3.05, 3.63) is 30.4 Å². The Morgan fingerprint density at radius 3 is 3.12 bits per heavy atom. The number of pyridine rings is 1. The molecule has 0 aromatic carbocycles. The van der Waals surface area contributed by atoms with Crippen LogP contribution in [0.4, 0.5) is 0 Å². The van der Waals surface area contributed by atoms with Crippen LogP contribution in [0.3, 0.4) is 0 Å². The van der Waals surface area contributed by atoms with Gasteiger partial charge in [-0.05, 0) is 12.1 Å². The highest BCUT2D eigenvalue weighted by atomic mass is 16.5. The molecule has 2 rings (SSSR count). The second-order valence-corrected chi connectivity index (χ2v) is 3.26. The van der Waals surface area contributed by atoms with Crippen LogP contribution in [-0.2, 0) is 4.74 Å². The lowest BCUT2D eigenvalue weighted by molar-refractivity contribution is 0.177. The predicted octanol–water partition coefficient (Wildman–Crippen LogP) is 0.778. The van der Waals surface area contributed by atoms with Gasteiger partial charge in [-0.25, -0.2) is 0 Å². The van der Waals surface area contributed by atoms with Crippen LogP contribution < -0.4 is 5.73 Å². The van der Waals surface area contributed by atoms with E-state index in [-0.39, 0.29) is 6.04 Å². The number of nitrogens with zero attached hydrogens (tertiary/aromatic N) is 3. The molecule has 1 atom stereocenters. The second kappa shape index (κ2) is 4.82. The first kappa shape index (κ1) is 10.7. The molecule has 6 nitrogen and oxygen atoms in total. The Balaban J connectivity index is 2.20. The molecule has 16 heavy (non-hydrogen) atoms. The number of hydrogen-bond donors (Lipinski definition) is 1. The zero-order valence-corrected chi connectivity index (χ0v) is 8.83. The first-order valence-corrected chi connectivity index (χ1v) is 4.80. The fourth-order valence-electron chi connectivity index (χ4n) is 1.25. The minimum atomic E-state index is -0.376. The van der Waals surface area contributed by atoms with Crippen LogP contribution in [0.2, 0.25) is 0 Å². The number of hydrogen-bond acceptors (Lipinski definition) is 6. The van der Waals surface area contributed by atoms with E-state index in [2.05, 4.69) is 15.1 Å². The number of methoxy groups -OCH3 is 1. The topological polar surface area (TPSA) is 87.1 Å². The average Bonchev–Trinajstić information content (AvgIpc) is 2.80. The molecule has 0 aliphatic carbocycles. The summed E-state index contributed by atoms with van der Waals surface area (Å²) in [4.78, 5) is 8.14. The molecule has 0 fully saturated rings. The van der Waals surface area contributed by atoms with E-state index >= 15 is 0 Å². The summed E-state index contributed by atoms with van der Waals surface area (Å²) in [7, 11) is 1.57. The highest BCUT2D eigenvalue weighted by Gasteiger charge is 2.14. The SMILES string of the molecule is COCC(N)c1noc(-c2cccnc2)n1. The molecule has 0 saturated heterocycles. The van der Waals surface area contributed by atoms with Crippen LogP contribution in [0.25, 0.3) is 11.5 Å². The molecule has 2 aromatic rings. The Morgan fingerprint density at radius 1 is 1.56 bits per heavy atom. The minimum Gasteiger partial charge on any atom is -0.383 e. The summed E-state index contributed by atoms with van der Waals surface area (Å²) in [5.41, 5.74) is 6.54. The van der Waals surface area contributed by atoms with E-state index in [0.717, 1.165) is 5.56 Å². The van der Waals surface area contributed by atoms with Gasteiger partial charge in [-0.2, -0.15) is 4.98 Å². The molecular formula is C10H12N4O2. The summed E-state index contributed by atoms with van der Waals surface area (Å²) in [6, 6.07) is 3.26. The van der Waals surface area contributed by atoms with Crippen LogP contribution >= 0.6 is 0 Å². The lowest BCUT2D eigenvalue weighted by Crippen LogP contribution is -2.17. The van der Waals surface area contributed by atoms with E-state index in [0.29, 0.717) is 18.3 Å². The molecule has 0 bridgehead atoms. The van der Waals surface area contributed by atoms with Gasteiger partial charge < -0.3 is 15.0 Å². The molecular weight excluding hydrogens is 208 g/mol. The van der Waals surface area contributed by atoms with Gasteiger partial charge in [0.15, 0.2) is 5.82 Å². The number of ether oxygens (including phenoxy) is 1. The third-order valence-electron chi connectivity index (χ3n) is 2.03. The fourth-order valence-corrected chi connectivity index (χ4v) is 1.25. The van der Waals surface area contributed by atoms with Crippen LogP contribution in [0.5, 0.6) is 0 Å². The van der Waals surface area contributed by atoms with Crippen LogP contribution in [0, 0.1) is 0 Å². The summed E-state index contributed by atoms with van der Waals surface area (Å²) >= 11 is 0. The molecule has 0 saturated carbocycles. The molecule has 0 spiro atoms. The Kier molecular flexibility index (Phi) is 3.23.